The van der Waals surface area contributed by atoms with Crippen molar-refractivity contribution in [2.75, 3.05) is 0 Å². The maximum Gasteiger partial charge on any atom is 0.311 e. The largest absolute Gasteiger partial charge is 0.481 e. The van der Waals surface area contributed by atoms with Gasteiger partial charge in [0.05, 0.1) is 5.69 Å². The number of aliphatic carboxylic acids is 1. The molecule has 0 aliphatic rings. The van der Waals surface area contributed by atoms with Gasteiger partial charge in [-0.3, -0.25) is 4.79 Å². The van der Waals surface area contributed by atoms with E-state index in [1.807, 2.05) is 27.7 Å². The van der Waals surface area contributed by atoms with E-state index in [1.165, 1.54) is 0 Å². The van der Waals surface area contributed by atoms with Crippen LogP contribution in [0.1, 0.15) is 45.0 Å². The Labute approximate surface area is 89.3 Å². The van der Waals surface area contributed by atoms with Crippen molar-refractivity contribution in [1.82, 2.24) is 4.98 Å². The van der Waals surface area contributed by atoms with Gasteiger partial charge in [0, 0.05) is 5.41 Å². The summed E-state index contributed by atoms with van der Waals surface area (Å²) in [7, 11) is 0. The van der Waals surface area contributed by atoms with Gasteiger partial charge >= 0.3 is 5.97 Å². The lowest BCUT2D eigenvalue weighted by Gasteiger charge is -2.11. The molecule has 1 heterocycles. The van der Waals surface area contributed by atoms with Crippen molar-refractivity contribution in [3.05, 3.63) is 17.3 Å². The fourth-order valence-electron chi connectivity index (χ4n) is 1.26. The lowest BCUT2D eigenvalue weighted by Crippen LogP contribution is -2.11. The van der Waals surface area contributed by atoms with E-state index in [4.69, 9.17) is 9.52 Å². The Hall–Kier alpha value is -1.32. The third kappa shape index (κ3) is 2.81. The zero-order chi connectivity index (χ0) is 11.6. The van der Waals surface area contributed by atoms with Crippen LogP contribution in [0.5, 0.6) is 0 Å². The van der Waals surface area contributed by atoms with E-state index in [0.29, 0.717) is 18.1 Å². The van der Waals surface area contributed by atoms with Crippen molar-refractivity contribution in [2.24, 2.45) is 0 Å². The highest BCUT2D eigenvalue weighted by Gasteiger charge is 2.23. The summed E-state index contributed by atoms with van der Waals surface area (Å²) in [6.07, 6.45) is 0.606. The van der Waals surface area contributed by atoms with Crippen LogP contribution < -0.4 is 0 Å². The van der Waals surface area contributed by atoms with Gasteiger partial charge in [-0.1, -0.05) is 27.7 Å². The van der Waals surface area contributed by atoms with E-state index in [2.05, 4.69) is 4.98 Å². The van der Waals surface area contributed by atoms with E-state index in [1.54, 1.807) is 0 Å². The summed E-state index contributed by atoms with van der Waals surface area (Å²) < 4.78 is 5.49. The van der Waals surface area contributed by atoms with Gasteiger partial charge in [0.2, 0.25) is 0 Å². The van der Waals surface area contributed by atoms with Crippen LogP contribution in [0, 0.1) is 0 Å². The third-order valence-electron chi connectivity index (χ3n) is 2.07. The molecule has 1 aromatic rings. The van der Waals surface area contributed by atoms with E-state index in [-0.39, 0.29) is 11.8 Å². The second-order valence-corrected chi connectivity index (χ2v) is 4.56. The number of carbonyl (C=O) groups is 1. The molecule has 0 unspecified atom stereocenters. The van der Waals surface area contributed by atoms with Crippen molar-refractivity contribution < 1.29 is 14.3 Å². The predicted molar refractivity (Wildman–Crippen MR) is 55.9 cm³/mol. The first-order chi connectivity index (χ1) is 6.84. The van der Waals surface area contributed by atoms with Crippen LogP contribution in [0.2, 0.25) is 0 Å². The van der Waals surface area contributed by atoms with Crippen LogP contribution in [0.15, 0.2) is 4.42 Å². The first kappa shape index (κ1) is 11.8. The van der Waals surface area contributed by atoms with Crippen LogP contribution >= 0.6 is 0 Å². The van der Waals surface area contributed by atoms with Crippen molar-refractivity contribution in [2.45, 2.75) is 46.0 Å². The summed E-state index contributed by atoms with van der Waals surface area (Å²) in [5, 5.41) is 8.71. The molecule has 0 aliphatic heterocycles. The summed E-state index contributed by atoms with van der Waals surface area (Å²) in [6, 6.07) is 0. The Morgan fingerprint density at radius 1 is 1.47 bits per heavy atom. The molecule has 0 amide bonds. The SMILES string of the molecule is CCc1nc(C(C)(C)C)oc1CC(=O)O. The number of rotatable bonds is 3. The Morgan fingerprint density at radius 2 is 2.07 bits per heavy atom. The van der Waals surface area contributed by atoms with Gasteiger partial charge in [-0.25, -0.2) is 4.98 Å². The zero-order valence-corrected chi connectivity index (χ0v) is 9.63. The number of hydrogen-bond donors (Lipinski definition) is 1. The number of aromatic nitrogens is 1. The molecule has 0 aromatic carbocycles. The molecule has 0 radical (unpaired) electrons. The molecule has 1 aromatic heterocycles. The molecule has 1 rings (SSSR count). The van der Waals surface area contributed by atoms with Crippen LogP contribution in [0.3, 0.4) is 0 Å². The molecular weight excluding hydrogens is 194 g/mol. The summed E-state index contributed by atoms with van der Waals surface area (Å²) in [6.45, 7) is 7.91. The van der Waals surface area contributed by atoms with Crippen molar-refractivity contribution in [3.63, 3.8) is 0 Å². The molecule has 0 saturated carbocycles. The zero-order valence-electron chi connectivity index (χ0n) is 9.63. The highest BCUT2D eigenvalue weighted by Crippen LogP contribution is 2.24. The summed E-state index contributed by atoms with van der Waals surface area (Å²) >= 11 is 0. The smallest absolute Gasteiger partial charge is 0.311 e. The van der Waals surface area contributed by atoms with Crippen molar-refractivity contribution in [3.8, 4) is 0 Å². The van der Waals surface area contributed by atoms with Crippen molar-refractivity contribution >= 4 is 5.97 Å². The molecule has 0 spiro atoms. The number of carboxylic acids is 1. The Bertz CT molecular complexity index is 360. The monoisotopic (exact) mass is 211 g/mol. The molecule has 0 atom stereocenters. The van der Waals surface area contributed by atoms with Gasteiger partial charge in [0.25, 0.3) is 0 Å². The minimum Gasteiger partial charge on any atom is -0.481 e. The first-order valence-electron chi connectivity index (χ1n) is 5.05. The molecule has 0 fully saturated rings. The lowest BCUT2D eigenvalue weighted by atomic mass is 9.97. The Kier molecular flexibility index (Phi) is 3.17. The Balaban J connectivity index is 3.06. The van der Waals surface area contributed by atoms with Gasteiger partial charge in [0.1, 0.15) is 12.2 Å². The third-order valence-corrected chi connectivity index (χ3v) is 2.07. The average molecular weight is 211 g/mol. The summed E-state index contributed by atoms with van der Waals surface area (Å²) in [4.78, 5) is 14.9. The maximum atomic E-state index is 10.6. The number of hydrogen-bond acceptors (Lipinski definition) is 3. The quantitative estimate of drug-likeness (QED) is 0.832. The van der Waals surface area contributed by atoms with Gasteiger partial charge < -0.3 is 9.52 Å². The standard InChI is InChI=1S/C11H17NO3/c1-5-7-8(6-9(13)14)15-10(12-7)11(2,3)4/h5-6H2,1-4H3,(H,13,14). The normalized spacial score (nSPS) is 11.7. The van der Waals surface area contributed by atoms with E-state index in [9.17, 15) is 4.79 Å². The van der Waals surface area contributed by atoms with Crippen molar-refractivity contribution in [1.29, 1.82) is 0 Å². The average Bonchev–Trinajstić information content (AvgIpc) is 2.45. The van der Waals surface area contributed by atoms with Gasteiger partial charge in [-0.05, 0) is 6.42 Å². The molecule has 84 valence electrons. The summed E-state index contributed by atoms with van der Waals surface area (Å²) in [5.41, 5.74) is 0.572. The van der Waals surface area contributed by atoms with E-state index < -0.39 is 5.97 Å². The summed E-state index contributed by atoms with van der Waals surface area (Å²) in [5.74, 6) is 0.201. The number of carboxylic acid groups (broad SMARTS) is 1. The van der Waals surface area contributed by atoms with Gasteiger partial charge in [-0.15, -0.1) is 0 Å². The molecular formula is C11H17NO3. The highest BCUT2D eigenvalue weighted by molar-refractivity contribution is 5.69. The number of nitrogens with zero attached hydrogens (tertiary/aromatic N) is 1. The Morgan fingerprint density at radius 3 is 2.47 bits per heavy atom. The topological polar surface area (TPSA) is 63.3 Å². The number of oxazole rings is 1. The molecule has 4 heteroatoms. The second-order valence-electron chi connectivity index (χ2n) is 4.56. The highest BCUT2D eigenvalue weighted by atomic mass is 16.4. The van der Waals surface area contributed by atoms with Gasteiger partial charge in [-0.2, -0.15) is 0 Å². The van der Waals surface area contributed by atoms with Crippen LogP contribution in [0.4, 0.5) is 0 Å². The number of aryl methyl sites for hydroxylation is 1. The van der Waals surface area contributed by atoms with Gasteiger partial charge in [0.15, 0.2) is 5.89 Å². The fourth-order valence-corrected chi connectivity index (χ4v) is 1.26. The fraction of sp³-hybridized carbons (Fsp3) is 0.636. The molecule has 0 saturated heterocycles. The predicted octanol–water partition coefficient (Wildman–Crippen LogP) is 2.16. The first-order valence-corrected chi connectivity index (χ1v) is 5.05. The molecule has 1 N–H and O–H groups in total. The second kappa shape index (κ2) is 4.04. The van der Waals surface area contributed by atoms with E-state index in [0.717, 1.165) is 5.69 Å². The van der Waals surface area contributed by atoms with Crippen LogP contribution in [-0.2, 0) is 23.1 Å². The maximum absolute atomic E-state index is 10.6. The van der Waals surface area contributed by atoms with Crippen LogP contribution in [-0.4, -0.2) is 16.1 Å². The molecule has 0 bridgehead atoms. The minimum atomic E-state index is -0.888. The molecule has 0 aliphatic carbocycles. The molecule has 4 nitrogen and oxygen atoms in total. The van der Waals surface area contributed by atoms with E-state index >= 15 is 0 Å². The lowest BCUT2D eigenvalue weighted by molar-refractivity contribution is -0.136. The molecule has 15 heavy (non-hydrogen) atoms. The van der Waals surface area contributed by atoms with Crippen LogP contribution in [0.25, 0.3) is 0 Å². The minimum absolute atomic E-state index is 0.0910.